The molecule has 3 rings (SSSR count). The van der Waals surface area contributed by atoms with E-state index in [9.17, 15) is 4.79 Å². The summed E-state index contributed by atoms with van der Waals surface area (Å²) in [6.07, 6.45) is 0.704. The number of methoxy groups -OCH3 is 1. The molecule has 19 heavy (non-hydrogen) atoms. The van der Waals surface area contributed by atoms with Crippen molar-refractivity contribution in [3.63, 3.8) is 0 Å². The molecule has 2 aromatic carbocycles. The SMILES string of the molecule is COc1cccc2c(-c3ccc(C=O)o3)cccc12. The Kier molecular flexibility index (Phi) is 2.80. The van der Waals surface area contributed by atoms with E-state index < -0.39 is 0 Å². The zero-order valence-corrected chi connectivity index (χ0v) is 10.4. The standard InChI is InChI=1S/C16H12O3/c1-18-15-7-3-4-12-13(15)5-2-6-14(12)16-9-8-11(10-17)19-16/h2-10H,1H3. The zero-order valence-electron chi connectivity index (χ0n) is 10.4. The lowest BCUT2D eigenvalue weighted by atomic mass is 10.0. The lowest BCUT2D eigenvalue weighted by molar-refractivity contribution is 0.110. The number of aldehydes is 1. The van der Waals surface area contributed by atoms with Crippen molar-refractivity contribution in [2.45, 2.75) is 0 Å². The first-order chi connectivity index (χ1) is 9.33. The molecule has 0 N–H and O–H groups in total. The topological polar surface area (TPSA) is 39.4 Å². The summed E-state index contributed by atoms with van der Waals surface area (Å²) in [7, 11) is 1.65. The van der Waals surface area contributed by atoms with E-state index in [1.165, 1.54) is 0 Å². The third-order valence-electron chi connectivity index (χ3n) is 3.11. The van der Waals surface area contributed by atoms with Gasteiger partial charge in [0.15, 0.2) is 12.0 Å². The van der Waals surface area contributed by atoms with Gasteiger partial charge in [0, 0.05) is 10.9 Å². The Morgan fingerprint density at radius 3 is 2.53 bits per heavy atom. The number of furan rings is 1. The number of carbonyl (C=O) groups is 1. The van der Waals surface area contributed by atoms with Crippen LogP contribution in [-0.2, 0) is 0 Å². The summed E-state index contributed by atoms with van der Waals surface area (Å²) in [6.45, 7) is 0. The van der Waals surface area contributed by atoms with E-state index in [-0.39, 0.29) is 0 Å². The van der Waals surface area contributed by atoms with E-state index in [4.69, 9.17) is 9.15 Å². The highest BCUT2D eigenvalue weighted by Crippen LogP contribution is 2.33. The summed E-state index contributed by atoms with van der Waals surface area (Å²) in [5, 5.41) is 2.06. The smallest absolute Gasteiger partial charge is 0.185 e. The second kappa shape index (κ2) is 4.61. The third-order valence-corrected chi connectivity index (χ3v) is 3.11. The molecule has 0 atom stereocenters. The summed E-state index contributed by atoms with van der Waals surface area (Å²) < 4.78 is 10.8. The molecule has 1 heterocycles. The number of benzene rings is 2. The van der Waals surface area contributed by atoms with Gasteiger partial charge in [-0.25, -0.2) is 0 Å². The van der Waals surface area contributed by atoms with Crippen LogP contribution in [0.1, 0.15) is 10.6 Å². The van der Waals surface area contributed by atoms with Crippen LogP contribution < -0.4 is 4.74 Å². The zero-order chi connectivity index (χ0) is 13.2. The maximum absolute atomic E-state index is 10.7. The Bertz CT molecular complexity index is 741. The first kappa shape index (κ1) is 11.5. The molecule has 0 fully saturated rings. The molecule has 0 saturated heterocycles. The van der Waals surface area contributed by atoms with Crippen molar-refractivity contribution in [3.05, 3.63) is 54.3 Å². The summed E-state index contributed by atoms with van der Waals surface area (Å²) >= 11 is 0. The second-order valence-electron chi connectivity index (χ2n) is 4.18. The molecule has 0 bridgehead atoms. The van der Waals surface area contributed by atoms with E-state index in [2.05, 4.69) is 0 Å². The average molecular weight is 252 g/mol. The van der Waals surface area contributed by atoms with Crippen LogP contribution in [0.4, 0.5) is 0 Å². The number of hydrogen-bond donors (Lipinski definition) is 0. The molecule has 0 aliphatic rings. The van der Waals surface area contributed by atoms with Crippen LogP contribution in [0.2, 0.25) is 0 Å². The van der Waals surface area contributed by atoms with E-state index in [0.29, 0.717) is 17.8 Å². The number of fused-ring (bicyclic) bond motifs is 1. The van der Waals surface area contributed by atoms with Crippen LogP contribution in [0.15, 0.2) is 52.9 Å². The van der Waals surface area contributed by atoms with Gasteiger partial charge in [0.1, 0.15) is 11.5 Å². The average Bonchev–Trinajstić information content (AvgIpc) is 2.94. The van der Waals surface area contributed by atoms with Crippen molar-refractivity contribution < 1.29 is 13.9 Å². The molecular formula is C16H12O3. The molecule has 0 spiro atoms. The minimum Gasteiger partial charge on any atom is -0.496 e. The van der Waals surface area contributed by atoms with Gasteiger partial charge in [0.2, 0.25) is 0 Å². The first-order valence-electron chi connectivity index (χ1n) is 5.94. The van der Waals surface area contributed by atoms with Crippen LogP contribution in [0.3, 0.4) is 0 Å². The van der Waals surface area contributed by atoms with Gasteiger partial charge in [0.05, 0.1) is 7.11 Å². The van der Waals surface area contributed by atoms with Crippen LogP contribution in [0.25, 0.3) is 22.1 Å². The molecule has 1 aromatic heterocycles. The Labute approximate surface area is 110 Å². The van der Waals surface area contributed by atoms with E-state index in [0.717, 1.165) is 22.1 Å². The van der Waals surface area contributed by atoms with Crippen molar-refractivity contribution in [2.75, 3.05) is 7.11 Å². The number of rotatable bonds is 3. The first-order valence-corrected chi connectivity index (χ1v) is 5.94. The molecule has 0 radical (unpaired) electrons. The number of ether oxygens (including phenoxy) is 1. The maximum atomic E-state index is 10.7. The van der Waals surface area contributed by atoms with Gasteiger partial charge in [-0.3, -0.25) is 4.79 Å². The van der Waals surface area contributed by atoms with Gasteiger partial charge >= 0.3 is 0 Å². The summed E-state index contributed by atoms with van der Waals surface area (Å²) in [5.41, 5.74) is 0.949. The lowest BCUT2D eigenvalue weighted by Crippen LogP contribution is -1.86. The van der Waals surface area contributed by atoms with Crippen LogP contribution in [-0.4, -0.2) is 13.4 Å². The second-order valence-corrected chi connectivity index (χ2v) is 4.18. The van der Waals surface area contributed by atoms with Crippen molar-refractivity contribution >= 4 is 17.1 Å². The fourth-order valence-electron chi connectivity index (χ4n) is 2.23. The molecule has 3 heteroatoms. The van der Waals surface area contributed by atoms with Crippen molar-refractivity contribution in [2.24, 2.45) is 0 Å². The minimum absolute atomic E-state index is 0.329. The van der Waals surface area contributed by atoms with Gasteiger partial charge in [-0.15, -0.1) is 0 Å². The Hall–Kier alpha value is -2.55. The Balaban J connectivity index is 2.26. The van der Waals surface area contributed by atoms with Gasteiger partial charge in [-0.1, -0.05) is 30.3 Å². The molecule has 0 aliphatic heterocycles. The van der Waals surface area contributed by atoms with E-state index in [1.807, 2.05) is 36.4 Å². The fraction of sp³-hybridized carbons (Fsp3) is 0.0625. The van der Waals surface area contributed by atoms with Gasteiger partial charge in [-0.05, 0) is 23.6 Å². The van der Waals surface area contributed by atoms with Gasteiger partial charge in [-0.2, -0.15) is 0 Å². The van der Waals surface area contributed by atoms with Gasteiger partial charge in [0.25, 0.3) is 0 Å². The Morgan fingerprint density at radius 1 is 1.00 bits per heavy atom. The Morgan fingerprint density at radius 2 is 1.79 bits per heavy atom. The molecule has 3 aromatic rings. The van der Waals surface area contributed by atoms with E-state index >= 15 is 0 Å². The summed E-state index contributed by atoms with van der Waals surface area (Å²) in [6, 6.07) is 15.3. The van der Waals surface area contributed by atoms with Crippen molar-refractivity contribution in [1.29, 1.82) is 0 Å². The highest BCUT2D eigenvalue weighted by atomic mass is 16.5. The molecule has 0 aliphatic carbocycles. The summed E-state index contributed by atoms with van der Waals surface area (Å²) in [5.74, 6) is 1.83. The third kappa shape index (κ3) is 1.89. The number of carbonyl (C=O) groups excluding carboxylic acids is 1. The summed E-state index contributed by atoms with van der Waals surface area (Å²) in [4.78, 5) is 10.7. The van der Waals surface area contributed by atoms with Crippen LogP contribution in [0.5, 0.6) is 5.75 Å². The normalized spacial score (nSPS) is 10.6. The monoisotopic (exact) mass is 252 g/mol. The fourth-order valence-corrected chi connectivity index (χ4v) is 2.23. The highest BCUT2D eigenvalue weighted by molar-refractivity contribution is 5.99. The van der Waals surface area contributed by atoms with E-state index in [1.54, 1.807) is 19.2 Å². The minimum atomic E-state index is 0.329. The molecule has 3 nitrogen and oxygen atoms in total. The molecule has 0 unspecified atom stereocenters. The van der Waals surface area contributed by atoms with Crippen molar-refractivity contribution in [1.82, 2.24) is 0 Å². The van der Waals surface area contributed by atoms with Crippen LogP contribution >= 0.6 is 0 Å². The van der Waals surface area contributed by atoms with Crippen LogP contribution in [0, 0.1) is 0 Å². The molecule has 0 amide bonds. The quantitative estimate of drug-likeness (QED) is 0.663. The predicted molar refractivity (Wildman–Crippen MR) is 73.6 cm³/mol. The molecule has 0 saturated carbocycles. The molecule has 94 valence electrons. The van der Waals surface area contributed by atoms with Crippen molar-refractivity contribution in [3.8, 4) is 17.1 Å². The highest BCUT2D eigenvalue weighted by Gasteiger charge is 2.10. The molecular weight excluding hydrogens is 240 g/mol. The number of hydrogen-bond acceptors (Lipinski definition) is 3. The predicted octanol–water partition coefficient (Wildman–Crippen LogP) is 3.92. The largest absolute Gasteiger partial charge is 0.496 e. The van der Waals surface area contributed by atoms with Gasteiger partial charge < -0.3 is 9.15 Å². The maximum Gasteiger partial charge on any atom is 0.185 e. The lowest BCUT2D eigenvalue weighted by Gasteiger charge is -2.08.